The molecular weight excluding hydrogens is 811 g/mol. The van der Waals surface area contributed by atoms with Gasteiger partial charge in [0.25, 0.3) is 0 Å². The van der Waals surface area contributed by atoms with Gasteiger partial charge in [0, 0.05) is 27.7 Å². The number of benzene rings is 11. The van der Waals surface area contributed by atoms with Crippen LogP contribution in [0.1, 0.15) is 22.3 Å². The quantitative estimate of drug-likeness (QED) is 0.151. The van der Waals surface area contributed by atoms with Gasteiger partial charge >= 0.3 is 0 Å². The number of nitrogens with zero attached hydrogens (tertiary/aromatic N) is 1. The molecular formula is C65H43NO. The topological polar surface area (TPSA) is 16.4 Å². The number of fused-ring (bicyclic) bond motifs is 7. The first-order valence-electron chi connectivity index (χ1n) is 23.1. The fraction of sp³-hybridized carbons (Fsp3) is 0.0154. The fourth-order valence-corrected chi connectivity index (χ4v) is 10.9. The summed E-state index contributed by atoms with van der Waals surface area (Å²) in [6.45, 7) is 0. The van der Waals surface area contributed by atoms with Crippen LogP contribution in [0.25, 0.3) is 77.2 Å². The Labute approximate surface area is 390 Å². The Kier molecular flexibility index (Phi) is 9.11. The van der Waals surface area contributed by atoms with Crippen LogP contribution >= 0.6 is 0 Å². The maximum absolute atomic E-state index is 6.38. The number of furan rings is 1. The molecule has 11 aromatic carbocycles. The molecule has 1 heterocycles. The number of rotatable bonds is 8. The Morgan fingerprint density at radius 2 is 0.851 bits per heavy atom. The molecule has 1 aliphatic rings. The van der Waals surface area contributed by atoms with Gasteiger partial charge in [-0.1, -0.05) is 200 Å². The van der Waals surface area contributed by atoms with Crippen LogP contribution in [-0.2, 0) is 5.41 Å². The zero-order valence-corrected chi connectivity index (χ0v) is 36.7. The van der Waals surface area contributed by atoms with Crippen molar-refractivity contribution in [1.82, 2.24) is 0 Å². The summed E-state index contributed by atoms with van der Waals surface area (Å²) in [5.41, 5.74) is 19.1. The van der Waals surface area contributed by atoms with Gasteiger partial charge in [0.15, 0.2) is 0 Å². The maximum atomic E-state index is 6.38. The number of anilines is 3. The standard InChI is InChI=1S/C65H43NO/c1-3-22-52(23-4-1)65(53-24-5-2-6-25-53)59-28-11-9-27-57(59)64-60(65)29-15-30-61(64)66(55-38-39-63-58(43-55)56-26-10-12-31-62(56)67-63)54-36-34-45(35-37-54)47-18-13-19-48(40-47)49-20-14-21-50(42-49)51-33-32-44-16-7-8-17-46(44)41-51/h1-43H. The second kappa shape index (κ2) is 15.8. The zero-order chi connectivity index (χ0) is 44.3. The summed E-state index contributed by atoms with van der Waals surface area (Å²) in [5.74, 6) is 0. The van der Waals surface area contributed by atoms with E-state index in [0.717, 1.165) is 44.6 Å². The summed E-state index contributed by atoms with van der Waals surface area (Å²) >= 11 is 0. The molecule has 0 saturated heterocycles. The second-order valence-electron chi connectivity index (χ2n) is 17.6. The minimum absolute atomic E-state index is 0.523. The molecule has 12 aromatic rings. The molecule has 0 fully saturated rings. The van der Waals surface area contributed by atoms with Crippen LogP contribution in [0.15, 0.2) is 265 Å². The van der Waals surface area contributed by atoms with Crippen LogP contribution in [0, 0.1) is 0 Å². The molecule has 2 nitrogen and oxygen atoms in total. The average molecular weight is 854 g/mol. The molecule has 0 unspecified atom stereocenters. The number of hydrogen-bond donors (Lipinski definition) is 0. The van der Waals surface area contributed by atoms with Crippen LogP contribution < -0.4 is 4.90 Å². The first kappa shape index (κ1) is 38.7. The first-order chi connectivity index (χ1) is 33.2. The van der Waals surface area contributed by atoms with E-state index in [9.17, 15) is 0 Å². The van der Waals surface area contributed by atoms with Gasteiger partial charge in [-0.25, -0.2) is 0 Å². The van der Waals surface area contributed by atoms with Crippen molar-refractivity contribution in [3.05, 3.63) is 283 Å². The fourth-order valence-electron chi connectivity index (χ4n) is 10.9. The SMILES string of the molecule is c1ccc(C2(c3ccccc3)c3ccccc3-c3c(N(c4ccc(-c5cccc(-c6cccc(-c7ccc8ccccc8c7)c6)c5)cc4)c4ccc5oc6ccccc6c5c4)cccc32)cc1. The molecule has 0 spiro atoms. The molecule has 1 aromatic heterocycles. The largest absolute Gasteiger partial charge is 0.456 e. The predicted octanol–water partition coefficient (Wildman–Crippen LogP) is 17.6. The third-order valence-electron chi connectivity index (χ3n) is 13.9. The normalized spacial score (nSPS) is 12.6. The highest BCUT2D eigenvalue weighted by Crippen LogP contribution is 2.59. The van der Waals surface area contributed by atoms with Gasteiger partial charge in [-0.05, 0) is 133 Å². The van der Waals surface area contributed by atoms with Crippen LogP contribution in [0.2, 0.25) is 0 Å². The van der Waals surface area contributed by atoms with Crippen molar-refractivity contribution in [1.29, 1.82) is 0 Å². The van der Waals surface area contributed by atoms with E-state index in [-0.39, 0.29) is 0 Å². The average Bonchev–Trinajstić information content (AvgIpc) is 3.93. The molecule has 0 aliphatic heterocycles. The van der Waals surface area contributed by atoms with Gasteiger partial charge in [0.05, 0.1) is 11.1 Å². The minimum atomic E-state index is -0.523. The molecule has 2 heteroatoms. The van der Waals surface area contributed by atoms with Gasteiger partial charge in [-0.2, -0.15) is 0 Å². The molecule has 0 radical (unpaired) electrons. The Bertz CT molecular complexity index is 3770. The van der Waals surface area contributed by atoms with E-state index in [2.05, 4.69) is 260 Å². The summed E-state index contributed by atoms with van der Waals surface area (Å²) in [7, 11) is 0. The van der Waals surface area contributed by atoms with Crippen LogP contribution in [-0.4, -0.2) is 0 Å². The predicted molar refractivity (Wildman–Crippen MR) is 280 cm³/mol. The van der Waals surface area contributed by atoms with Crippen molar-refractivity contribution in [3.8, 4) is 44.5 Å². The van der Waals surface area contributed by atoms with Gasteiger partial charge in [-0.3, -0.25) is 0 Å². The minimum Gasteiger partial charge on any atom is -0.456 e. The summed E-state index contributed by atoms with van der Waals surface area (Å²) in [4.78, 5) is 2.45. The molecule has 1 aliphatic carbocycles. The van der Waals surface area contributed by atoms with E-state index in [1.807, 2.05) is 6.07 Å². The highest BCUT2D eigenvalue weighted by atomic mass is 16.3. The van der Waals surface area contributed by atoms with Crippen molar-refractivity contribution in [2.75, 3.05) is 4.90 Å². The van der Waals surface area contributed by atoms with Crippen molar-refractivity contribution in [3.63, 3.8) is 0 Å². The zero-order valence-electron chi connectivity index (χ0n) is 36.7. The lowest BCUT2D eigenvalue weighted by Gasteiger charge is -2.34. The van der Waals surface area contributed by atoms with E-state index in [0.29, 0.717) is 0 Å². The third kappa shape index (κ3) is 6.33. The first-order valence-corrected chi connectivity index (χ1v) is 23.1. The third-order valence-corrected chi connectivity index (χ3v) is 13.9. The van der Waals surface area contributed by atoms with Crippen molar-refractivity contribution in [2.24, 2.45) is 0 Å². The second-order valence-corrected chi connectivity index (χ2v) is 17.6. The lowest BCUT2D eigenvalue weighted by atomic mass is 9.68. The molecule has 0 bridgehead atoms. The molecule has 13 rings (SSSR count). The van der Waals surface area contributed by atoms with Gasteiger partial charge in [0.2, 0.25) is 0 Å². The van der Waals surface area contributed by atoms with Gasteiger partial charge < -0.3 is 9.32 Å². The van der Waals surface area contributed by atoms with Crippen molar-refractivity contribution in [2.45, 2.75) is 5.41 Å². The Morgan fingerprint density at radius 1 is 0.313 bits per heavy atom. The van der Waals surface area contributed by atoms with E-state index in [4.69, 9.17) is 4.42 Å². The number of para-hydroxylation sites is 1. The lowest BCUT2D eigenvalue weighted by Crippen LogP contribution is -2.28. The van der Waals surface area contributed by atoms with E-state index in [1.54, 1.807) is 0 Å². The van der Waals surface area contributed by atoms with Crippen molar-refractivity contribution < 1.29 is 4.42 Å². The molecule has 314 valence electrons. The Morgan fingerprint density at radius 3 is 1.58 bits per heavy atom. The summed E-state index contributed by atoms with van der Waals surface area (Å²) in [6, 6.07) is 95.1. The van der Waals surface area contributed by atoms with E-state index in [1.165, 1.54) is 72.0 Å². The van der Waals surface area contributed by atoms with Crippen molar-refractivity contribution >= 4 is 49.8 Å². The summed E-state index contributed by atoms with van der Waals surface area (Å²) in [6.07, 6.45) is 0. The molecule has 67 heavy (non-hydrogen) atoms. The van der Waals surface area contributed by atoms with E-state index >= 15 is 0 Å². The van der Waals surface area contributed by atoms with E-state index < -0.39 is 5.41 Å². The smallest absolute Gasteiger partial charge is 0.135 e. The summed E-state index contributed by atoms with van der Waals surface area (Å²) in [5, 5.41) is 4.70. The highest BCUT2D eigenvalue weighted by molar-refractivity contribution is 6.07. The van der Waals surface area contributed by atoms with Gasteiger partial charge in [-0.15, -0.1) is 0 Å². The monoisotopic (exact) mass is 853 g/mol. The lowest BCUT2D eigenvalue weighted by molar-refractivity contribution is 0.669. The van der Waals surface area contributed by atoms with Crippen LogP contribution in [0.3, 0.4) is 0 Å². The molecule has 0 N–H and O–H groups in total. The maximum Gasteiger partial charge on any atom is 0.135 e. The summed E-state index contributed by atoms with van der Waals surface area (Å²) < 4.78 is 6.38. The van der Waals surface area contributed by atoms with Gasteiger partial charge in [0.1, 0.15) is 11.2 Å². The highest BCUT2D eigenvalue weighted by Gasteiger charge is 2.47. The number of hydrogen-bond acceptors (Lipinski definition) is 2. The Hall–Kier alpha value is -8.72. The van der Waals surface area contributed by atoms with Crippen LogP contribution in [0.5, 0.6) is 0 Å². The molecule has 0 saturated carbocycles. The molecule has 0 amide bonds. The molecule has 0 atom stereocenters. The van der Waals surface area contributed by atoms with Crippen LogP contribution in [0.4, 0.5) is 17.1 Å². The Balaban J connectivity index is 0.956.